The van der Waals surface area contributed by atoms with Crippen molar-refractivity contribution >= 4 is 11.0 Å². The van der Waals surface area contributed by atoms with E-state index in [0.717, 1.165) is 45.2 Å². The number of rotatable bonds is 4. The molecule has 0 bridgehead atoms. The van der Waals surface area contributed by atoms with E-state index < -0.39 is 0 Å². The van der Waals surface area contributed by atoms with Gasteiger partial charge in [-0.05, 0) is 43.3 Å². The van der Waals surface area contributed by atoms with Crippen LogP contribution in [0.5, 0.6) is 0 Å². The lowest BCUT2D eigenvalue weighted by Crippen LogP contribution is -2.03. The van der Waals surface area contributed by atoms with Crippen LogP contribution < -0.4 is 0 Å². The van der Waals surface area contributed by atoms with Crippen LogP contribution in [0.4, 0.5) is 0 Å². The number of para-hydroxylation sites is 4. The maximum atomic E-state index is 4.69. The molecule has 0 unspecified atom stereocenters. The Morgan fingerprint density at radius 3 is 2.18 bits per heavy atom. The van der Waals surface area contributed by atoms with Gasteiger partial charge in [-0.2, -0.15) is 0 Å². The van der Waals surface area contributed by atoms with Crippen LogP contribution in [0.3, 0.4) is 0 Å². The SMILES string of the molecule is Cc1ccc(-c2nnc(-c3ccccc3-n3cnc4ccccc43)n2-c2ccccc2)cc1. The molecule has 33 heavy (non-hydrogen) atoms. The largest absolute Gasteiger partial charge is 0.298 e. The molecule has 4 aromatic carbocycles. The van der Waals surface area contributed by atoms with Crippen molar-refractivity contribution in [1.29, 1.82) is 0 Å². The Kier molecular flexibility index (Phi) is 4.58. The zero-order valence-electron chi connectivity index (χ0n) is 18.1. The van der Waals surface area contributed by atoms with Crippen molar-refractivity contribution in [2.45, 2.75) is 6.92 Å². The maximum absolute atomic E-state index is 4.69. The summed E-state index contributed by atoms with van der Waals surface area (Å²) < 4.78 is 4.24. The fourth-order valence-electron chi connectivity index (χ4n) is 4.19. The van der Waals surface area contributed by atoms with Gasteiger partial charge >= 0.3 is 0 Å². The van der Waals surface area contributed by atoms with Gasteiger partial charge in [-0.15, -0.1) is 10.2 Å². The fourth-order valence-corrected chi connectivity index (χ4v) is 4.19. The van der Waals surface area contributed by atoms with E-state index in [2.05, 4.69) is 80.7 Å². The average molecular weight is 428 g/mol. The summed E-state index contributed by atoms with van der Waals surface area (Å²) in [6, 6.07) is 35.1. The highest BCUT2D eigenvalue weighted by Crippen LogP contribution is 2.33. The molecule has 0 atom stereocenters. The Balaban J connectivity index is 1.61. The second-order valence-electron chi connectivity index (χ2n) is 8.00. The molecule has 0 radical (unpaired) electrons. The second-order valence-corrected chi connectivity index (χ2v) is 8.00. The highest BCUT2D eigenvalue weighted by molar-refractivity contribution is 5.81. The molecule has 5 heteroatoms. The first-order valence-electron chi connectivity index (χ1n) is 10.9. The number of imidazole rings is 1. The minimum absolute atomic E-state index is 0.783. The minimum Gasteiger partial charge on any atom is -0.298 e. The quantitative estimate of drug-likeness (QED) is 0.334. The number of fused-ring (bicyclic) bond motifs is 1. The van der Waals surface area contributed by atoms with Gasteiger partial charge in [0.25, 0.3) is 0 Å². The van der Waals surface area contributed by atoms with E-state index in [4.69, 9.17) is 5.10 Å². The van der Waals surface area contributed by atoms with E-state index >= 15 is 0 Å². The number of hydrogen-bond donors (Lipinski definition) is 0. The normalized spacial score (nSPS) is 11.2. The highest BCUT2D eigenvalue weighted by Gasteiger charge is 2.20. The molecule has 0 amide bonds. The van der Waals surface area contributed by atoms with Crippen molar-refractivity contribution in [3.63, 3.8) is 0 Å². The topological polar surface area (TPSA) is 48.5 Å². The number of nitrogens with zero attached hydrogens (tertiary/aromatic N) is 5. The summed E-state index contributed by atoms with van der Waals surface area (Å²) in [5.41, 5.74) is 7.24. The summed E-state index contributed by atoms with van der Waals surface area (Å²) in [5, 5.41) is 9.33. The van der Waals surface area contributed by atoms with Gasteiger partial charge in [-0.3, -0.25) is 9.13 Å². The van der Waals surface area contributed by atoms with Crippen LogP contribution in [0, 0.1) is 6.92 Å². The van der Waals surface area contributed by atoms with Gasteiger partial charge in [0, 0.05) is 16.8 Å². The van der Waals surface area contributed by atoms with Gasteiger partial charge in [0.05, 0.1) is 16.7 Å². The molecule has 0 N–H and O–H groups in total. The molecule has 2 aromatic heterocycles. The molecular formula is C28H21N5. The lowest BCUT2D eigenvalue weighted by Gasteiger charge is -2.14. The molecule has 0 fully saturated rings. The van der Waals surface area contributed by atoms with Crippen molar-refractivity contribution in [3.05, 3.63) is 115 Å². The van der Waals surface area contributed by atoms with Gasteiger partial charge in [-0.1, -0.05) is 72.3 Å². The summed E-state index contributed by atoms with van der Waals surface area (Å²) in [4.78, 5) is 4.59. The Labute approximate surface area is 191 Å². The molecule has 0 spiro atoms. The van der Waals surface area contributed by atoms with E-state index in [0.29, 0.717) is 0 Å². The van der Waals surface area contributed by atoms with Crippen LogP contribution in [0.1, 0.15) is 5.56 Å². The molecule has 5 nitrogen and oxygen atoms in total. The Morgan fingerprint density at radius 2 is 1.33 bits per heavy atom. The molecule has 0 aliphatic heterocycles. The molecule has 158 valence electrons. The van der Waals surface area contributed by atoms with Crippen LogP contribution in [-0.2, 0) is 0 Å². The van der Waals surface area contributed by atoms with E-state index in [1.54, 1.807) is 0 Å². The van der Waals surface area contributed by atoms with E-state index in [1.165, 1.54) is 5.56 Å². The summed E-state index contributed by atoms with van der Waals surface area (Å²) >= 11 is 0. The lowest BCUT2D eigenvalue weighted by atomic mass is 10.1. The smallest absolute Gasteiger partial charge is 0.170 e. The molecule has 0 saturated heterocycles. The Hall–Kier alpha value is -4.51. The van der Waals surface area contributed by atoms with Gasteiger partial charge in [0.2, 0.25) is 0 Å². The zero-order chi connectivity index (χ0) is 22.2. The first-order valence-corrected chi connectivity index (χ1v) is 10.9. The van der Waals surface area contributed by atoms with Crippen molar-refractivity contribution in [1.82, 2.24) is 24.3 Å². The predicted octanol–water partition coefficient (Wildman–Crippen LogP) is 6.25. The van der Waals surface area contributed by atoms with E-state index in [-0.39, 0.29) is 0 Å². The average Bonchev–Trinajstić information content (AvgIpc) is 3.50. The molecule has 2 heterocycles. The molecule has 6 aromatic rings. The van der Waals surface area contributed by atoms with Crippen LogP contribution in [0.25, 0.3) is 45.2 Å². The minimum atomic E-state index is 0.783. The van der Waals surface area contributed by atoms with Gasteiger partial charge in [-0.25, -0.2) is 4.98 Å². The highest BCUT2D eigenvalue weighted by atomic mass is 15.3. The van der Waals surface area contributed by atoms with Crippen molar-refractivity contribution < 1.29 is 0 Å². The van der Waals surface area contributed by atoms with Gasteiger partial charge < -0.3 is 0 Å². The summed E-state index contributed by atoms with van der Waals surface area (Å²) in [6.45, 7) is 2.09. The standard InChI is InChI=1S/C28H21N5/c1-20-15-17-21(18-16-20)27-30-31-28(33(27)22-9-3-2-4-10-22)23-11-5-7-13-25(23)32-19-29-24-12-6-8-14-26(24)32/h2-19H,1H3. The zero-order valence-corrected chi connectivity index (χ0v) is 18.1. The first-order chi connectivity index (χ1) is 16.3. The summed E-state index contributed by atoms with van der Waals surface area (Å²) in [6.07, 6.45) is 1.87. The second kappa shape index (κ2) is 7.88. The Bertz CT molecular complexity index is 1560. The van der Waals surface area contributed by atoms with Crippen molar-refractivity contribution in [2.75, 3.05) is 0 Å². The third kappa shape index (κ3) is 3.31. The number of hydrogen-bond acceptors (Lipinski definition) is 3. The maximum Gasteiger partial charge on any atom is 0.170 e. The molecular weight excluding hydrogens is 406 g/mol. The lowest BCUT2D eigenvalue weighted by molar-refractivity contribution is 1.05. The van der Waals surface area contributed by atoms with Crippen LogP contribution in [-0.4, -0.2) is 24.3 Å². The third-order valence-electron chi connectivity index (χ3n) is 5.85. The summed E-state index contributed by atoms with van der Waals surface area (Å²) in [7, 11) is 0. The monoisotopic (exact) mass is 427 g/mol. The molecule has 0 aliphatic rings. The van der Waals surface area contributed by atoms with Gasteiger partial charge in [0.1, 0.15) is 6.33 Å². The number of aromatic nitrogens is 5. The first kappa shape index (κ1) is 19.2. The molecule has 0 aliphatic carbocycles. The van der Waals surface area contributed by atoms with Gasteiger partial charge in [0.15, 0.2) is 11.6 Å². The Morgan fingerprint density at radius 1 is 0.636 bits per heavy atom. The number of benzene rings is 4. The number of aryl methyl sites for hydroxylation is 1. The predicted molar refractivity (Wildman–Crippen MR) is 132 cm³/mol. The summed E-state index contributed by atoms with van der Waals surface area (Å²) in [5.74, 6) is 1.59. The fraction of sp³-hybridized carbons (Fsp3) is 0.0357. The van der Waals surface area contributed by atoms with Crippen molar-refractivity contribution in [3.8, 4) is 34.2 Å². The van der Waals surface area contributed by atoms with Crippen LogP contribution >= 0.6 is 0 Å². The molecule has 6 rings (SSSR count). The molecule has 0 saturated carbocycles. The van der Waals surface area contributed by atoms with E-state index in [1.807, 2.05) is 54.9 Å². The van der Waals surface area contributed by atoms with Crippen LogP contribution in [0.15, 0.2) is 109 Å². The van der Waals surface area contributed by atoms with E-state index in [9.17, 15) is 0 Å². The van der Waals surface area contributed by atoms with Crippen LogP contribution in [0.2, 0.25) is 0 Å². The van der Waals surface area contributed by atoms with Crippen molar-refractivity contribution in [2.24, 2.45) is 0 Å². The third-order valence-corrected chi connectivity index (χ3v) is 5.85.